The monoisotopic (exact) mass is 313 g/mol. The molecular formula is C19H23NO3. The van der Waals surface area contributed by atoms with Crippen molar-refractivity contribution in [1.82, 2.24) is 0 Å². The van der Waals surface area contributed by atoms with Crippen LogP contribution in [-0.4, -0.2) is 23.4 Å². The fraction of sp³-hybridized carbons (Fsp3) is 0.368. The van der Waals surface area contributed by atoms with Gasteiger partial charge >= 0.3 is 5.97 Å². The molecule has 0 unspecified atom stereocenters. The van der Waals surface area contributed by atoms with E-state index >= 15 is 0 Å². The van der Waals surface area contributed by atoms with Crippen LogP contribution in [-0.2, 0) is 4.79 Å². The van der Waals surface area contributed by atoms with E-state index in [1.165, 1.54) is 0 Å². The molecule has 0 bridgehead atoms. The number of allylic oxidation sites excluding steroid dienone is 3. The Kier molecular flexibility index (Phi) is 6.60. The van der Waals surface area contributed by atoms with Crippen molar-refractivity contribution in [1.29, 1.82) is 5.41 Å². The number of hydrogen-bond donors (Lipinski definition) is 2. The largest absolute Gasteiger partial charge is 0.493 e. The maximum absolute atomic E-state index is 10.4. The molecule has 0 fully saturated rings. The van der Waals surface area contributed by atoms with E-state index in [1.807, 2.05) is 48.6 Å². The van der Waals surface area contributed by atoms with E-state index in [0.717, 1.165) is 18.6 Å². The van der Waals surface area contributed by atoms with Crippen LogP contribution in [0, 0.1) is 17.2 Å². The molecule has 2 atom stereocenters. The SMILES string of the molecule is N=C1C=C[C@H](COc2ccccc2)[C@H]1C/C=C\CCCC(=O)O. The molecule has 0 radical (unpaired) electrons. The molecule has 0 heterocycles. The molecule has 1 aliphatic carbocycles. The highest BCUT2D eigenvalue weighted by Crippen LogP contribution is 2.27. The third-order valence-corrected chi connectivity index (χ3v) is 3.94. The number of carboxylic acid groups (broad SMARTS) is 1. The van der Waals surface area contributed by atoms with Gasteiger partial charge < -0.3 is 15.3 Å². The van der Waals surface area contributed by atoms with Crippen LogP contribution in [0.1, 0.15) is 25.7 Å². The molecule has 4 heteroatoms. The minimum atomic E-state index is -0.752. The van der Waals surface area contributed by atoms with E-state index in [9.17, 15) is 4.79 Å². The Morgan fingerprint density at radius 3 is 2.78 bits per heavy atom. The minimum Gasteiger partial charge on any atom is -0.493 e. The van der Waals surface area contributed by atoms with Gasteiger partial charge in [-0.3, -0.25) is 4.79 Å². The summed E-state index contributed by atoms with van der Waals surface area (Å²) in [7, 11) is 0. The number of ether oxygens (including phenoxy) is 1. The molecule has 1 aromatic carbocycles. The Morgan fingerprint density at radius 1 is 1.26 bits per heavy atom. The zero-order chi connectivity index (χ0) is 16.5. The van der Waals surface area contributed by atoms with Crippen molar-refractivity contribution in [3.05, 3.63) is 54.6 Å². The summed E-state index contributed by atoms with van der Waals surface area (Å²) in [6.45, 7) is 0.570. The number of para-hydroxylation sites is 1. The molecule has 122 valence electrons. The molecule has 0 saturated heterocycles. The van der Waals surface area contributed by atoms with Gasteiger partial charge in [0.25, 0.3) is 0 Å². The molecule has 0 aliphatic heterocycles. The number of benzene rings is 1. The standard InChI is InChI=1S/C19H23NO3/c20-18-13-12-15(14-23-16-8-4-3-5-9-16)17(18)10-6-1-2-7-11-19(21)22/h1,3-6,8-9,12-13,15,17,20H,2,7,10-11,14H2,(H,21,22)/b6-1-,20-18?/t15-,17-/m1/s1. The second-order valence-corrected chi connectivity index (χ2v) is 5.70. The van der Waals surface area contributed by atoms with Crippen LogP contribution in [0.2, 0.25) is 0 Å². The Morgan fingerprint density at radius 2 is 2.04 bits per heavy atom. The van der Waals surface area contributed by atoms with E-state index in [4.69, 9.17) is 15.3 Å². The van der Waals surface area contributed by atoms with Crippen LogP contribution in [0.25, 0.3) is 0 Å². The Bertz CT molecular complexity index is 578. The Balaban J connectivity index is 1.76. The number of rotatable bonds is 9. The van der Waals surface area contributed by atoms with E-state index in [2.05, 4.69) is 6.08 Å². The number of carboxylic acids is 1. The summed E-state index contributed by atoms with van der Waals surface area (Å²) in [5.74, 6) is 0.460. The number of aliphatic carboxylic acids is 1. The first-order chi connectivity index (χ1) is 11.2. The van der Waals surface area contributed by atoms with Crippen LogP contribution >= 0.6 is 0 Å². The first kappa shape index (κ1) is 17.0. The molecule has 2 rings (SSSR count). The number of hydrogen-bond acceptors (Lipinski definition) is 3. The fourth-order valence-electron chi connectivity index (χ4n) is 2.63. The highest BCUT2D eigenvalue weighted by molar-refractivity contribution is 5.97. The number of carbonyl (C=O) groups is 1. The van der Waals surface area contributed by atoms with E-state index in [1.54, 1.807) is 0 Å². The van der Waals surface area contributed by atoms with Crippen molar-refractivity contribution < 1.29 is 14.6 Å². The minimum absolute atomic E-state index is 0.148. The van der Waals surface area contributed by atoms with Crippen molar-refractivity contribution in [3.63, 3.8) is 0 Å². The highest BCUT2D eigenvalue weighted by Gasteiger charge is 2.26. The molecule has 4 nitrogen and oxygen atoms in total. The molecule has 1 aromatic rings. The van der Waals surface area contributed by atoms with Crippen molar-refractivity contribution in [2.45, 2.75) is 25.7 Å². The lowest BCUT2D eigenvalue weighted by molar-refractivity contribution is -0.137. The van der Waals surface area contributed by atoms with Crippen molar-refractivity contribution in [2.24, 2.45) is 11.8 Å². The zero-order valence-corrected chi connectivity index (χ0v) is 13.2. The summed E-state index contributed by atoms with van der Waals surface area (Å²) >= 11 is 0. The van der Waals surface area contributed by atoms with E-state index in [0.29, 0.717) is 18.7 Å². The van der Waals surface area contributed by atoms with Crippen molar-refractivity contribution in [3.8, 4) is 5.75 Å². The molecule has 1 aliphatic rings. The van der Waals surface area contributed by atoms with Gasteiger partial charge in [0.1, 0.15) is 5.75 Å². The average molecular weight is 313 g/mol. The smallest absolute Gasteiger partial charge is 0.303 e. The molecule has 2 N–H and O–H groups in total. The molecule has 23 heavy (non-hydrogen) atoms. The van der Waals surface area contributed by atoms with E-state index < -0.39 is 5.97 Å². The molecule has 0 saturated carbocycles. The van der Waals surface area contributed by atoms with E-state index in [-0.39, 0.29) is 18.3 Å². The van der Waals surface area contributed by atoms with Gasteiger partial charge in [-0.1, -0.05) is 36.4 Å². The Labute approximate surface area is 137 Å². The van der Waals surface area contributed by atoms with Crippen LogP contribution in [0.3, 0.4) is 0 Å². The molecule has 0 aromatic heterocycles. The van der Waals surface area contributed by atoms with Crippen molar-refractivity contribution >= 4 is 11.7 Å². The number of nitrogens with one attached hydrogen (secondary N) is 1. The third kappa shape index (κ3) is 5.74. The van der Waals surface area contributed by atoms with Gasteiger partial charge in [-0.05, 0) is 37.5 Å². The lowest BCUT2D eigenvalue weighted by Crippen LogP contribution is -2.20. The molecule has 0 amide bonds. The third-order valence-electron chi connectivity index (χ3n) is 3.94. The lowest BCUT2D eigenvalue weighted by atomic mass is 9.91. The lowest BCUT2D eigenvalue weighted by Gasteiger charge is -2.18. The first-order valence-electron chi connectivity index (χ1n) is 7.98. The summed E-state index contributed by atoms with van der Waals surface area (Å²) in [4.78, 5) is 10.4. The maximum Gasteiger partial charge on any atom is 0.303 e. The van der Waals surface area contributed by atoms with Gasteiger partial charge in [0.2, 0.25) is 0 Å². The van der Waals surface area contributed by atoms with Gasteiger partial charge in [0.05, 0.1) is 6.61 Å². The average Bonchev–Trinajstić information content (AvgIpc) is 2.90. The quantitative estimate of drug-likeness (QED) is 0.533. The van der Waals surface area contributed by atoms with Gasteiger partial charge in [0, 0.05) is 24.0 Å². The number of unbranched alkanes of at least 4 members (excludes halogenated alkanes) is 1. The van der Waals surface area contributed by atoms with Crippen LogP contribution in [0.15, 0.2) is 54.6 Å². The molecule has 0 spiro atoms. The van der Waals surface area contributed by atoms with Gasteiger partial charge in [-0.15, -0.1) is 0 Å². The van der Waals surface area contributed by atoms with Crippen LogP contribution in [0.4, 0.5) is 0 Å². The molecular weight excluding hydrogens is 290 g/mol. The Hall–Kier alpha value is -2.36. The summed E-state index contributed by atoms with van der Waals surface area (Å²) in [6, 6.07) is 9.71. The second kappa shape index (κ2) is 8.93. The van der Waals surface area contributed by atoms with Gasteiger partial charge in [-0.2, -0.15) is 0 Å². The summed E-state index contributed by atoms with van der Waals surface area (Å²) < 4.78 is 5.80. The summed E-state index contributed by atoms with van der Waals surface area (Å²) in [5.41, 5.74) is 0.641. The van der Waals surface area contributed by atoms with Gasteiger partial charge in [-0.25, -0.2) is 0 Å². The van der Waals surface area contributed by atoms with Crippen molar-refractivity contribution in [2.75, 3.05) is 6.61 Å². The highest BCUT2D eigenvalue weighted by atomic mass is 16.5. The fourth-order valence-corrected chi connectivity index (χ4v) is 2.63. The van der Waals surface area contributed by atoms with Crippen LogP contribution in [0.5, 0.6) is 5.75 Å². The normalized spacial score (nSPS) is 20.3. The second-order valence-electron chi connectivity index (χ2n) is 5.70. The topological polar surface area (TPSA) is 70.4 Å². The summed E-state index contributed by atoms with van der Waals surface area (Å²) in [5, 5.41) is 16.6. The van der Waals surface area contributed by atoms with Crippen LogP contribution < -0.4 is 4.74 Å². The predicted molar refractivity (Wildman–Crippen MR) is 91.0 cm³/mol. The first-order valence-corrected chi connectivity index (χ1v) is 7.98. The van der Waals surface area contributed by atoms with Gasteiger partial charge in [0.15, 0.2) is 0 Å². The zero-order valence-electron chi connectivity index (χ0n) is 13.2. The summed E-state index contributed by atoms with van der Waals surface area (Å²) in [6.07, 6.45) is 10.4. The maximum atomic E-state index is 10.4. The predicted octanol–water partition coefficient (Wildman–Crippen LogP) is 4.09.